The van der Waals surface area contributed by atoms with Crippen molar-refractivity contribution in [2.45, 2.75) is 19.9 Å². The van der Waals surface area contributed by atoms with Crippen LogP contribution in [0.5, 0.6) is 0 Å². The molecule has 0 bridgehead atoms. The van der Waals surface area contributed by atoms with Crippen LogP contribution in [0.2, 0.25) is 0 Å². The first-order valence-electron chi connectivity index (χ1n) is 7.18. The maximum atomic E-state index is 5.18. The van der Waals surface area contributed by atoms with Gasteiger partial charge in [-0.05, 0) is 32.0 Å². The number of rotatable bonds is 5. The first kappa shape index (κ1) is 13.6. The molecular weight excluding hydrogens is 256 g/mol. The van der Waals surface area contributed by atoms with Crippen LogP contribution in [-0.4, -0.2) is 56.2 Å². The summed E-state index contributed by atoms with van der Waals surface area (Å²) >= 11 is 1.94. The molecule has 4 heteroatoms. The molecule has 0 N–H and O–H groups in total. The number of nitrogens with zero attached hydrogens (tertiary/aromatic N) is 2. The van der Waals surface area contributed by atoms with Gasteiger partial charge < -0.3 is 9.64 Å². The molecule has 2 aliphatic heterocycles. The van der Waals surface area contributed by atoms with Gasteiger partial charge in [0.05, 0.1) is 6.61 Å². The van der Waals surface area contributed by atoms with Gasteiger partial charge in [0.25, 0.3) is 0 Å². The Morgan fingerprint density at radius 1 is 1.26 bits per heavy atom. The second-order valence-corrected chi connectivity index (χ2v) is 7.55. The van der Waals surface area contributed by atoms with E-state index in [0.717, 1.165) is 19.7 Å². The van der Waals surface area contributed by atoms with Gasteiger partial charge in [-0.15, -0.1) is 11.3 Å². The lowest BCUT2D eigenvalue weighted by molar-refractivity contribution is 0.00145. The Labute approximate surface area is 120 Å². The fourth-order valence-corrected chi connectivity index (χ4v) is 4.43. The molecule has 1 spiro atoms. The fourth-order valence-electron chi connectivity index (χ4n) is 3.50. The molecule has 1 aromatic rings. The monoisotopic (exact) mass is 280 g/mol. The van der Waals surface area contributed by atoms with Gasteiger partial charge in [-0.3, -0.25) is 4.90 Å². The molecular formula is C15H24N2OS. The molecule has 3 rings (SSSR count). The zero-order valence-electron chi connectivity index (χ0n) is 12.0. The van der Waals surface area contributed by atoms with Crippen molar-refractivity contribution in [2.75, 3.05) is 46.4 Å². The zero-order chi connectivity index (χ0) is 13.3. The van der Waals surface area contributed by atoms with Gasteiger partial charge in [-0.1, -0.05) is 0 Å². The predicted molar refractivity (Wildman–Crippen MR) is 79.7 cm³/mol. The summed E-state index contributed by atoms with van der Waals surface area (Å²) in [5, 5.41) is 0. The Balaban J connectivity index is 1.45. The van der Waals surface area contributed by atoms with Crippen LogP contribution < -0.4 is 0 Å². The molecule has 0 amide bonds. The molecule has 0 saturated carbocycles. The molecule has 19 heavy (non-hydrogen) atoms. The molecule has 2 fully saturated rings. The maximum absolute atomic E-state index is 5.18. The largest absolute Gasteiger partial charge is 0.383 e. The molecule has 1 aromatic heterocycles. The van der Waals surface area contributed by atoms with Crippen molar-refractivity contribution in [3.05, 3.63) is 21.9 Å². The summed E-state index contributed by atoms with van der Waals surface area (Å²) in [7, 11) is 1.79. The summed E-state index contributed by atoms with van der Waals surface area (Å²) in [5.74, 6) is 0. The van der Waals surface area contributed by atoms with Crippen LogP contribution in [0.4, 0.5) is 0 Å². The van der Waals surface area contributed by atoms with E-state index in [0.29, 0.717) is 5.41 Å². The van der Waals surface area contributed by atoms with Crippen LogP contribution in [0, 0.1) is 12.3 Å². The minimum atomic E-state index is 0.597. The average molecular weight is 280 g/mol. The van der Waals surface area contributed by atoms with E-state index in [1.54, 1.807) is 7.11 Å². The quantitative estimate of drug-likeness (QED) is 0.822. The maximum Gasteiger partial charge on any atom is 0.0589 e. The minimum Gasteiger partial charge on any atom is -0.383 e. The Morgan fingerprint density at radius 3 is 2.74 bits per heavy atom. The first-order valence-corrected chi connectivity index (χ1v) is 8.00. The van der Waals surface area contributed by atoms with Crippen molar-refractivity contribution in [1.82, 2.24) is 9.80 Å². The van der Waals surface area contributed by atoms with Crippen LogP contribution in [0.15, 0.2) is 12.1 Å². The van der Waals surface area contributed by atoms with Gasteiger partial charge >= 0.3 is 0 Å². The number of hydrogen-bond acceptors (Lipinski definition) is 4. The lowest BCUT2D eigenvalue weighted by Gasteiger charge is -2.48. The summed E-state index contributed by atoms with van der Waals surface area (Å²) in [5.41, 5.74) is 0.597. The van der Waals surface area contributed by atoms with Crippen LogP contribution in [0.3, 0.4) is 0 Å². The topological polar surface area (TPSA) is 15.7 Å². The van der Waals surface area contributed by atoms with E-state index < -0.39 is 0 Å². The number of ether oxygens (including phenoxy) is 1. The summed E-state index contributed by atoms with van der Waals surface area (Å²) in [6.45, 7) is 10.4. The molecule has 0 aromatic carbocycles. The van der Waals surface area contributed by atoms with Crippen molar-refractivity contribution in [2.24, 2.45) is 5.41 Å². The molecule has 3 heterocycles. The lowest BCUT2D eigenvalue weighted by atomic mass is 9.79. The van der Waals surface area contributed by atoms with E-state index in [-0.39, 0.29) is 0 Å². The van der Waals surface area contributed by atoms with E-state index in [9.17, 15) is 0 Å². The van der Waals surface area contributed by atoms with E-state index in [1.165, 1.54) is 42.4 Å². The molecule has 2 aliphatic rings. The highest BCUT2D eigenvalue weighted by atomic mass is 32.1. The van der Waals surface area contributed by atoms with Crippen molar-refractivity contribution >= 4 is 11.3 Å². The number of thiophene rings is 1. The van der Waals surface area contributed by atoms with Crippen molar-refractivity contribution < 1.29 is 4.74 Å². The molecule has 0 aliphatic carbocycles. The standard InChI is InChI=1S/C15H24N2OS/c1-13-3-4-14(19-13)9-17-11-15(12-17)5-6-16(10-15)7-8-18-2/h3-4H,5-12H2,1-2H3. The number of hydrogen-bond donors (Lipinski definition) is 0. The Kier molecular flexibility index (Phi) is 3.94. The van der Waals surface area contributed by atoms with Gasteiger partial charge in [-0.2, -0.15) is 0 Å². The molecule has 0 radical (unpaired) electrons. The van der Waals surface area contributed by atoms with Gasteiger partial charge in [0.2, 0.25) is 0 Å². The zero-order valence-corrected chi connectivity index (χ0v) is 12.8. The summed E-state index contributed by atoms with van der Waals surface area (Å²) in [4.78, 5) is 8.11. The van der Waals surface area contributed by atoms with E-state index in [2.05, 4.69) is 28.9 Å². The Hall–Kier alpha value is -0.420. The van der Waals surface area contributed by atoms with Gasteiger partial charge in [0.1, 0.15) is 0 Å². The molecule has 2 saturated heterocycles. The smallest absolute Gasteiger partial charge is 0.0589 e. The normalized spacial score (nSPS) is 23.1. The van der Waals surface area contributed by atoms with Gasteiger partial charge in [0, 0.05) is 55.0 Å². The van der Waals surface area contributed by atoms with Crippen molar-refractivity contribution in [3.63, 3.8) is 0 Å². The molecule has 0 unspecified atom stereocenters. The molecule has 106 valence electrons. The van der Waals surface area contributed by atoms with Crippen LogP contribution in [0.25, 0.3) is 0 Å². The number of aryl methyl sites for hydroxylation is 1. The number of methoxy groups -OCH3 is 1. The highest BCUT2D eigenvalue weighted by molar-refractivity contribution is 7.11. The Bertz CT molecular complexity index is 426. The number of likely N-dealkylation sites (tertiary alicyclic amines) is 2. The molecule has 0 atom stereocenters. The van der Waals surface area contributed by atoms with E-state index in [1.807, 2.05) is 11.3 Å². The SMILES string of the molecule is COCCN1CCC2(C1)CN(Cc1ccc(C)s1)C2. The van der Waals surface area contributed by atoms with E-state index in [4.69, 9.17) is 4.74 Å². The van der Waals surface area contributed by atoms with Gasteiger partial charge in [-0.25, -0.2) is 0 Å². The fraction of sp³-hybridized carbons (Fsp3) is 0.733. The average Bonchev–Trinajstić information content (AvgIpc) is 2.93. The summed E-state index contributed by atoms with van der Waals surface area (Å²) in [6.07, 6.45) is 1.37. The third kappa shape index (κ3) is 3.02. The predicted octanol–water partition coefficient (Wildman–Crippen LogP) is 2.21. The van der Waals surface area contributed by atoms with Gasteiger partial charge in [0.15, 0.2) is 0 Å². The van der Waals surface area contributed by atoms with Crippen LogP contribution >= 0.6 is 11.3 Å². The third-order valence-electron chi connectivity index (χ3n) is 4.42. The van der Waals surface area contributed by atoms with Crippen LogP contribution in [-0.2, 0) is 11.3 Å². The van der Waals surface area contributed by atoms with Crippen molar-refractivity contribution in [1.29, 1.82) is 0 Å². The summed E-state index contributed by atoms with van der Waals surface area (Å²) in [6, 6.07) is 4.52. The van der Waals surface area contributed by atoms with Crippen molar-refractivity contribution in [3.8, 4) is 0 Å². The molecule has 3 nitrogen and oxygen atoms in total. The van der Waals surface area contributed by atoms with E-state index >= 15 is 0 Å². The lowest BCUT2D eigenvalue weighted by Crippen LogP contribution is -2.56. The highest BCUT2D eigenvalue weighted by Gasteiger charge is 2.47. The summed E-state index contributed by atoms with van der Waals surface area (Å²) < 4.78 is 5.18. The second kappa shape index (κ2) is 5.52. The first-order chi connectivity index (χ1) is 9.19. The second-order valence-electron chi connectivity index (χ2n) is 6.18. The minimum absolute atomic E-state index is 0.597. The van der Waals surface area contributed by atoms with Crippen LogP contribution in [0.1, 0.15) is 16.2 Å². The third-order valence-corrected chi connectivity index (χ3v) is 5.41. The highest BCUT2D eigenvalue weighted by Crippen LogP contribution is 2.40. The Morgan fingerprint density at radius 2 is 2.05 bits per heavy atom.